The molecule has 126 valence electrons. The van der Waals surface area contributed by atoms with E-state index < -0.39 is 0 Å². The molecule has 0 aliphatic heterocycles. The number of hydrogen-bond donors (Lipinski definition) is 0. The van der Waals surface area contributed by atoms with Gasteiger partial charge < -0.3 is 13.7 Å². The smallest absolute Gasteiger partial charge is 0.340 e. The van der Waals surface area contributed by atoms with Crippen molar-refractivity contribution in [1.82, 2.24) is 14.8 Å². The zero-order valence-electron chi connectivity index (χ0n) is 13.5. The average molecular weight is 410 g/mol. The summed E-state index contributed by atoms with van der Waals surface area (Å²) in [5.41, 5.74) is 2.50. The van der Waals surface area contributed by atoms with E-state index in [1.54, 1.807) is 0 Å². The number of esters is 1. The lowest BCUT2D eigenvalue weighted by Crippen LogP contribution is -2.07. The number of nitrogens with zero attached hydrogens (tertiary/aromatic N) is 3. The van der Waals surface area contributed by atoms with Gasteiger partial charge in [-0.2, -0.15) is 0 Å². The second kappa shape index (κ2) is 6.90. The molecule has 0 aromatic carbocycles. The van der Waals surface area contributed by atoms with Gasteiger partial charge >= 0.3 is 5.97 Å². The maximum Gasteiger partial charge on any atom is 0.340 e. The molecule has 0 saturated carbocycles. The lowest BCUT2D eigenvalue weighted by molar-refractivity contribution is 0.0437. The fourth-order valence-corrected chi connectivity index (χ4v) is 3.85. The normalized spacial score (nSPS) is 11.0. The third-order valence-electron chi connectivity index (χ3n) is 3.69. The van der Waals surface area contributed by atoms with Crippen LogP contribution >= 0.6 is 27.3 Å². The van der Waals surface area contributed by atoms with Crippen molar-refractivity contribution in [2.45, 2.75) is 33.9 Å². The summed E-state index contributed by atoms with van der Waals surface area (Å²) in [6.07, 6.45) is 0. The standard InChI is InChI=1S/C16H16BrN3O3S/c1-4-20-9(2)7-11(10(20)3)16(21)22-8-14-18-19-15(23-14)12-5-6-13(17)24-12/h5-7H,4,8H2,1-3H3. The Labute approximate surface area is 151 Å². The number of ether oxygens (including phenoxy) is 1. The van der Waals surface area contributed by atoms with Crippen LogP contribution in [0.15, 0.2) is 26.4 Å². The Hall–Kier alpha value is -1.93. The van der Waals surface area contributed by atoms with Gasteiger partial charge in [-0.1, -0.05) is 0 Å². The van der Waals surface area contributed by atoms with Crippen molar-refractivity contribution in [3.63, 3.8) is 0 Å². The van der Waals surface area contributed by atoms with Gasteiger partial charge in [-0.05, 0) is 54.9 Å². The summed E-state index contributed by atoms with van der Waals surface area (Å²) in [7, 11) is 0. The molecule has 0 N–H and O–H groups in total. The van der Waals surface area contributed by atoms with Gasteiger partial charge in [0.1, 0.15) is 0 Å². The van der Waals surface area contributed by atoms with E-state index in [1.807, 2.05) is 39.0 Å². The van der Waals surface area contributed by atoms with Crippen molar-refractivity contribution in [3.05, 3.63) is 44.8 Å². The fourth-order valence-electron chi connectivity index (χ4n) is 2.54. The summed E-state index contributed by atoms with van der Waals surface area (Å²) in [6.45, 7) is 6.68. The van der Waals surface area contributed by atoms with Crippen LogP contribution in [-0.2, 0) is 17.9 Å². The van der Waals surface area contributed by atoms with Gasteiger partial charge in [0, 0.05) is 17.9 Å². The van der Waals surface area contributed by atoms with Crippen LogP contribution in [0.3, 0.4) is 0 Å². The number of aryl methyl sites for hydroxylation is 1. The predicted octanol–water partition coefficient (Wildman–Crippen LogP) is 4.36. The van der Waals surface area contributed by atoms with Crippen molar-refractivity contribution >= 4 is 33.2 Å². The van der Waals surface area contributed by atoms with Crippen LogP contribution in [0, 0.1) is 13.8 Å². The first-order valence-corrected chi connectivity index (χ1v) is 9.02. The molecule has 0 atom stereocenters. The van der Waals surface area contributed by atoms with Crippen molar-refractivity contribution < 1.29 is 13.9 Å². The van der Waals surface area contributed by atoms with Crippen LogP contribution in [-0.4, -0.2) is 20.7 Å². The zero-order chi connectivity index (χ0) is 17.3. The summed E-state index contributed by atoms with van der Waals surface area (Å²) in [4.78, 5) is 13.1. The van der Waals surface area contributed by atoms with Gasteiger partial charge in [0.2, 0.25) is 0 Å². The van der Waals surface area contributed by atoms with Crippen LogP contribution in [0.5, 0.6) is 0 Å². The minimum absolute atomic E-state index is 0.0474. The first kappa shape index (κ1) is 16.9. The van der Waals surface area contributed by atoms with Gasteiger partial charge in [-0.25, -0.2) is 4.79 Å². The first-order valence-electron chi connectivity index (χ1n) is 7.41. The minimum Gasteiger partial charge on any atom is -0.452 e. The van der Waals surface area contributed by atoms with Crippen LogP contribution in [0.1, 0.15) is 34.6 Å². The molecule has 0 aliphatic carbocycles. The Kier molecular flexibility index (Phi) is 4.86. The van der Waals surface area contributed by atoms with E-state index in [0.717, 1.165) is 26.6 Å². The molecule has 8 heteroatoms. The van der Waals surface area contributed by atoms with Gasteiger partial charge in [-0.15, -0.1) is 21.5 Å². The largest absolute Gasteiger partial charge is 0.452 e. The number of carbonyl (C=O) groups is 1. The highest BCUT2D eigenvalue weighted by Crippen LogP contribution is 2.30. The molecule has 24 heavy (non-hydrogen) atoms. The Morgan fingerprint density at radius 1 is 1.38 bits per heavy atom. The quantitative estimate of drug-likeness (QED) is 0.585. The van der Waals surface area contributed by atoms with Crippen LogP contribution < -0.4 is 0 Å². The molecule has 3 aromatic heterocycles. The van der Waals surface area contributed by atoms with E-state index >= 15 is 0 Å². The molecule has 3 heterocycles. The summed E-state index contributed by atoms with van der Waals surface area (Å²) >= 11 is 4.88. The van der Waals surface area contributed by atoms with E-state index in [2.05, 4.69) is 30.7 Å². The lowest BCUT2D eigenvalue weighted by Gasteiger charge is -2.05. The molecule has 3 aromatic rings. The number of rotatable bonds is 5. The average Bonchev–Trinajstić information content (AvgIpc) is 3.24. The number of carbonyl (C=O) groups excluding carboxylic acids is 1. The highest BCUT2D eigenvalue weighted by Gasteiger charge is 2.18. The molecule has 0 saturated heterocycles. The number of halogens is 1. The summed E-state index contributed by atoms with van der Waals surface area (Å²) < 4.78 is 13.9. The first-order chi connectivity index (χ1) is 11.5. The van der Waals surface area contributed by atoms with Crippen molar-refractivity contribution in [1.29, 1.82) is 0 Å². The monoisotopic (exact) mass is 409 g/mol. The molecule has 0 unspecified atom stereocenters. The molecular weight excluding hydrogens is 394 g/mol. The van der Waals surface area contributed by atoms with E-state index in [1.165, 1.54) is 11.3 Å². The molecule has 6 nitrogen and oxygen atoms in total. The van der Waals surface area contributed by atoms with Crippen LogP contribution in [0.2, 0.25) is 0 Å². The highest BCUT2D eigenvalue weighted by atomic mass is 79.9. The maximum atomic E-state index is 12.3. The fraction of sp³-hybridized carbons (Fsp3) is 0.312. The summed E-state index contributed by atoms with van der Waals surface area (Å²) in [5, 5.41) is 7.90. The van der Waals surface area contributed by atoms with E-state index in [9.17, 15) is 4.79 Å². The third kappa shape index (κ3) is 3.29. The SMILES string of the molecule is CCn1c(C)cc(C(=O)OCc2nnc(-c3ccc(Br)s3)o2)c1C. The molecule has 0 aliphatic rings. The van der Waals surface area contributed by atoms with E-state index in [-0.39, 0.29) is 18.5 Å². The van der Waals surface area contributed by atoms with Crippen molar-refractivity contribution in [2.24, 2.45) is 0 Å². The third-order valence-corrected chi connectivity index (χ3v) is 5.30. The zero-order valence-corrected chi connectivity index (χ0v) is 15.9. The second-order valence-electron chi connectivity index (χ2n) is 5.21. The second-order valence-corrected chi connectivity index (χ2v) is 7.67. The molecule has 0 amide bonds. The predicted molar refractivity (Wildman–Crippen MR) is 94.0 cm³/mol. The van der Waals surface area contributed by atoms with Crippen molar-refractivity contribution in [2.75, 3.05) is 0 Å². The Morgan fingerprint density at radius 2 is 2.17 bits per heavy atom. The Balaban J connectivity index is 1.68. The molecule has 3 rings (SSSR count). The van der Waals surface area contributed by atoms with Gasteiger partial charge in [0.15, 0.2) is 6.61 Å². The molecule has 0 fully saturated rings. The number of hydrogen-bond acceptors (Lipinski definition) is 6. The minimum atomic E-state index is -0.388. The molecular formula is C16H16BrN3O3S. The van der Waals surface area contributed by atoms with E-state index in [4.69, 9.17) is 9.15 Å². The molecule has 0 bridgehead atoms. The lowest BCUT2D eigenvalue weighted by atomic mass is 10.2. The summed E-state index contributed by atoms with van der Waals surface area (Å²) in [5.74, 6) is 0.300. The topological polar surface area (TPSA) is 70.2 Å². The van der Waals surface area contributed by atoms with Gasteiger partial charge in [-0.3, -0.25) is 0 Å². The Morgan fingerprint density at radius 3 is 2.79 bits per heavy atom. The Bertz CT molecular complexity index is 881. The highest BCUT2D eigenvalue weighted by molar-refractivity contribution is 9.11. The van der Waals surface area contributed by atoms with Gasteiger partial charge in [0.25, 0.3) is 11.8 Å². The summed E-state index contributed by atoms with van der Waals surface area (Å²) in [6, 6.07) is 5.63. The van der Waals surface area contributed by atoms with Crippen LogP contribution in [0.25, 0.3) is 10.8 Å². The van der Waals surface area contributed by atoms with Gasteiger partial charge in [0.05, 0.1) is 14.2 Å². The molecule has 0 radical (unpaired) electrons. The van der Waals surface area contributed by atoms with Crippen molar-refractivity contribution in [3.8, 4) is 10.8 Å². The van der Waals surface area contributed by atoms with Crippen LogP contribution in [0.4, 0.5) is 0 Å². The molecule has 0 spiro atoms. The van der Waals surface area contributed by atoms with E-state index in [0.29, 0.717) is 11.5 Å². The maximum absolute atomic E-state index is 12.3. The number of thiophene rings is 1. The number of aromatic nitrogens is 3.